The van der Waals surface area contributed by atoms with E-state index in [9.17, 15) is 12.8 Å². The van der Waals surface area contributed by atoms with Gasteiger partial charge in [-0.3, -0.25) is 0 Å². The Labute approximate surface area is 175 Å². The molecule has 0 bridgehead atoms. The van der Waals surface area contributed by atoms with Gasteiger partial charge in [-0.05, 0) is 61.2 Å². The third-order valence-corrected chi connectivity index (χ3v) is 7.52. The van der Waals surface area contributed by atoms with E-state index >= 15 is 0 Å². The van der Waals surface area contributed by atoms with E-state index in [1.165, 1.54) is 16.9 Å². The fraction of sp³-hybridized carbons (Fsp3) is 0.381. The average Bonchev–Trinajstić information content (AvgIpc) is 3.34. The van der Waals surface area contributed by atoms with Crippen LogP contribution >= 0.6 is 0 Å². The van der Waals surface area contributed by atoms with Crippen LogP contribution in [0.15, 0.2) is 53.4 Å². The maximum atomic E-state index is 13.6. The molecule has 2 heterocycles. The second-order valence-corrected chi connectivity index (χ2v) is 9.52. The minimum Gasteiger partial charge on any atom is -0.207 e. The molecule has 0 saturated carbocycles. The van der Waals surface area contributed by atoms with E-state index in [1.807, 2.05) is 6.92 Å². The topological polar surface area (TPSA) is 81.0 Å². The number of tetrazole rings is 1. The van der Waals surface area contributed by atoms with Gasteiger partial charge < -0.3 is 0 Å². The van der Waals surface area contributed by atoms with Crippen molar-refractivity contribution in [2.75, 3.05) is 0 Å². The summed E-state index contributed by atoms with van der Waals surface area (Å²) in [5, 5.41) is 12.1. The molecule has 30 heavy (non-hydrogen) atoms. The Hall–Kier alpha value is -2.65. The molecule has 1 aromatic heterocycles. The molecule has 2 aromatic carbocycles. The van der Waals surface area contributed by atoms with Crippen LogP contribution in [0.25, 0.3) is 0 Å². The Kier molecular flexibility index (Phi) is 5.66. The van der Waals surface area contributed by atoms with Crippen molar-refractivity contribution >= 4 is 10.0 Å². The summed E-state index contributed by atoms with van der Waals surface area (Å²) in [6.07, 6.45) is 2.52. The first-order valence-electron chi connectivity index (χ1n) is 9.93. The second kappa shape index (κ2) is 8.23. The summed E-state index contributed by atoms with van der Waals surface area (Å²) in [6.45, 7) is 1.92. The van der Waals surface area contributed by atoms with Crippen LogP contribution in [0.1, 0.15) is 42.3 Å². The highest BCUT2D eigenvalue weighted by molar-refractivity contribution is 7.89. The molecule has 1 aliphatic heterocycles. The Balaban J connectivity index is 1.67. The number of benzene rings is 2. The first-order valence-corrected chi connectivity index (χ1v) is 11.4. The lowest BCUT2D eigenvalue weighted by molar-refractivity contribution is 0.312. The van der Waals surface area contributed by atoms with Crippen molar-refractivity contribution in [1.29, 1.82) is 0 Å². The minimum atomic E-state index is -3.73. The number of aromatic nitrogens is 4. The van der Waals surface area contributed by atoms with Gasteiger partial charge in [-0.1, -0.05) is 29.8 Å². The van der Waals surface area contributed by atoms with Crippen LogP contribution in [0.5, 0.6) is 0 Å². The Morgan fingerprint density at radius 2 is 1.77 bits per heavy atom. The predicted octanol–water partition coefficient (Wildman–Crippen LogP) is 3.18. The molecule has 0 N–H and O–H groups in total. The normalized spacial score (nSPS) is 20.0. The van der Waals surface area contributed by atoms with Crippen LogP contribution < -0.4 is 0 Å². The quantitative estimate of drug-likeness (QED) is 0.601. The molecule has 0 amide bonds. The number of aryl methyl sites for hydroxylation is 3. The highest BCUT2D eigenvalue weighted by atomic mass is 32.2. The van der Waals surface area contributed by atoms with Gasteiger partial charge in [0.05, 0.1) is 18.0 Å². The summed E-state index contributed by atoms with van der Waals surface area (Å²) in [5.41, 5.74) is 1.79. The van der Waals surface area contributed by atoms with Gasteiger partial charge in [0.25, 0.3) is 0 Å². The Morgan fingerprint density at radius 1 is 1.07 bits per heavy atom. The predicted molar refractivity (Wildman–Crippen MR) is 109 cm³/mol. The minimum absolute atomic E-state index is 0.199. The molecular weight excluding hydrogens is 405 g/mol. The van der Waals surface area contributed by atoms with E-state index in [-0.39, 0.29) is 22.8 Å². The van der Waals surface area contributed by atoms with Gasteiger partial charge in [-0.2, -0.15) is 9.10 Å². The van der Waals surface area contributed by atoms with Gasteiger partial charge in [-0.15, -0.1) is 10.2 Å². The molecule has 1 aliphatic rings. The Bertz CT molecular complexity index is 1110. The summed E-state index contributed by atoms with van der Waals surface area (Å²) in [4.78, 5) is 1.66. The Morgan fingerprint density at radius 3 is 2.40 bits per heavy atom. The fourth-order valence-electron chi connectivity index (χ4n) is 4.04. The first-order chi connectivity index (χ1) is 14.3. The summed E-state index contributed by atoms with van der Waals surface area (Å²) >= 11 is 0. The smallest absolute Gasteiger partial charge is 0.207 e. The molecule has 0 aliphatic carbocycles. The number of nitrogens with zero attached hydrogens (tertiary/aromatic N) is 5. The van der Waals surface area contributed by atoms with Crippen LogP contribution in [0, 0.1) is 12.7 Å². The first kappa shape index (κ1) is 20.6. The van der Waals surface area contributed by atoms with Gasteiger partial charge in [0.2, 0.25) is 10.0 Å². The average molecular weight is 430 g/mol. The molecule has 158 valence electrons. The lowest BCUT2D eigenvalue weighted by Gasteiger charge is -2.30. The van der Waals surface area contributed by atoms with E-state index in [0.29, 0.717) is 31.5 Å². The van der Waals surface area contributed by atoms with E-state index in [0.717, 1.165) is 11.1 Å². The van der Waals surface area contributed by atoms with Crippen LogP contribution in [-0.2, 0) is 23.5 Å². The van der Waals surface area contributed by atoms with Gasteiger partial charge >= 0.3 is 0 Å². The molecular formula is C21H24FN5O2S. The van der Waals surface area contributed by atoms with Crippen molar-refractivity contribution in [3.05, 3.63) is 71.3 Å². The third-order valence-electron chi connectivity index (χ3n) is 5.54. The van der Waals surface area contributed by atoms with Crippen LogP contribution in [-0.4, -0.2) is 39.0 Å². The molecule has 9 heteroatoms. The zero-order valence-electron chi connectivity index (χ0n) is 16.9. The van der Waals surface area contributed by atoms with Crippen molar-refractivity contribution in [3.8, 4) is 0 Å². The molecule has 1 saturated heterocycles. The molecule has 3 aromatic rings. The van der Waals surface area contributed by atoms with Crippen molar-refractivity contribution in [2.24, 2.45) is 7.05 Å². The van der Waals surface area contributed by atoms with Crippen LogP contribution in [0.3, 0.4) is 0 Å². The summed E-state index contributed by atoms with van der Waals surface area (Å²) < 4.78 is 42.3. The zero-order valence-corrected chi connectivity index (χ0v) is 17.8. The molecule has 1 fully saturated rings. The summed E-state index contributed by atoms with van der Waals surface area (Å²) in [6, 6.07) is 12.5. The SMILES string of the molecule is Cc1ccc(S(=O)(=O)N2[C@H](CCc3nnn(C)n3)CC[C@@H]2c2ccc(F)cc2)cc1. The molecule has 0 radical (unpaired) electrons. The lowest BCUT2D eigenvalue weighted by Crippen LogP contribution is -2.37. The maximum absolute atomic E-state index is 13.6. The molecule has 7 nitrogen and oxygen atoms in total. The van der Waals surface area contributed by atoms with Crippen molar-refractivity contribution in [3.63, 3.8) is 0 Å². The van der Waals surface area contributed by atoms with Crippen molar-refractivity contribution in [1.82, 2.24) is 24.5 Å². The molecule has 4 rings (SSSR count). The van der Waals surface area contributed by atoms with Crippen LogP contribution in [0.4, 0.5) is 4.39 Å². The number of hydrogen-bond acceptors (Lipinski definition) is 5. The van der Waals surface area contributed by atoms with Gasteiger partial charge in [0, 0.05) is 12.5 Å². The number of hydrogen-bond donors (Lipinski definition) is 0. The van der Waals surface area contributed by atoms with E-state index < -0.39 is 10.0 Å². The summed E-state index contributed by atoms with van der Waals surface area (Å²) in [5.74, 6) is 0.255. The number of halogens is 1. The molecule has 0 unspecified atom stereocenters. The number of sulfonamides is 1. The largest absolute Gasteiger partial charge is 0.243 e. The highest BCUT2D eigenvalue weighted by Gasteiger charge is 2.42. The fourth-order valence-corrected chi connectivity index (χ4v) is 5.93. The standard InChI is InChI=1S/C21H24FN5O2S/c1-15-3-11-19(12-4-15)30(28,29)27-18(10-14-21-23-25-26(2)24-21)9-13-20(27)16-5-7-17(22)8-6-16/h3-8,11-12,18,20H,9-10,13-14H2,1-2H3/t18-,20+/m0/s1. The van der Waals surface area contributed by atoms with Gasteiger partial charge in [-0.25, -0.2) is 12.8 Å². The third kappa shape index (κ3) is 4.13. The molecule has 2 atom stereocenters. The summed E-state index contributed by atoms with van der Waals surface area (Å²) in [7, 11) is -2.03. The van der Waals surface area contributed by atoms with E-state index in [1.54, 1.807) is 47.8 Å². The van der Waals surface area contributed by atoms with Crippen LogP contribution in [0.2, 0.25) is 0 Å². The van der Waals surface area contributed by atoms with Crippen molar-refractivity contribution < 1.29 is 12.8 Å². The van der Waals surface area contributed by atoms with E-state index in [2.05, 4.69) is 15.4 Å². The van der Waals surface area contributed by atoms with E-state index in [4.69, 9.17) is 0 Å². The monoisotopic (exact) mass is 429 g/mol. The lowest BCUT2D eigenvalue weighted by atomic mass is 10.0. The number of rotatable bonds is 6. The zero-order chi connectivity index (χ0) is 21.3. The van der Waals surface area contributed by atoms with Gasteiger partial charge in [0.1, 0.15) is 5.82 Å². The van der Waals surface area contributed by atoms with Crippen molar-refractivity contribution in [2.45, 2.75) is 49.6 Å². The van der Waals surface area contributed by atoms with Gasteiger partial charge in [0.15, 0.2) is 5.82 Å². The highest BCUT2D eigenvalue weighted by Crippen LogP contribution is 2.41. The maximum Gasteiger partial charge on any atom is 0.243 e. The molecule has 0 spiro atoms. The second-order valence-electron chi connectivity index (χ2n) is 7.68.